The summed E-state index contributed by atoms with van der Waals surface area (Å²) in [5.41, 5.74) is 7.21. The van der Waals surface area contributed by atoms with Crippen molar-refractivity contribution < 1.29 is 9.90 Å². The third-order valence-electron chi connectivity index (χ3n) is 2.11. The molecule has 0 fully saturated rings. The van der Waals surface area contributed by atoms with Crippen molar-refractivity contribution in [1.82, 2.24) is 0 Å². The van der Waals surface area contributed by atoms with E-state index in [-0.39, 0.29) is 6.61 Å². The molecule has 0 radical (unpaired) electrons. The first-order valence-corrected chi connectivity index (χ1v) is 4.95. The summed E-state index contributed by atoms with van der Waals surface area (Å²) in [6.07, 6.45) is 0.797. The van der Waals surface area contributed by atoms with E-state index in [0.717, 1.165) is 21.9 Å². The number of anilines is 1. The largest absolute Gasteiger partial charge is 0.398 e. The minimum atomic E-state index is -0.0359. The smallest absolute Gasteiger partial charge is 0.160 e. The van der Waals surface area contributed by atoms with Gasteiger partial charge in [-0.2, -0.15) is 0 Å². The van der Waals surface area contributed by atoms with Crippen LogP contribution in [0.4, 0.5) is 5.69 Å². The molecule has 0 aliphatic rings. The lowest BCUT2D eigenvalue weighted by molar-refractivity contribution is 0.112. The first-order chi connectivity index (χ1) is 6.76. The highest BCUT2D eigenvalue weighted by molar-refractivity contribution is 7.21. The van der Waals surface area contributed by atoms with Crippen LogP contribution in [0.2, 0.25) is 0 Å². The van der Waals surface area contributed by atoms with Crippen LogP contribution in [0.3, 0.4) is 0 Å². The lowest BCUT2D eigenvalue weighted by atomic mass is 10.1. The molecule has 0 amide bonds. The van der Waals surface area contributed by atoms with Gasteiger partial charge in [-0.15, -0.1) is 11.3 Å². The number of nitrogens with two attached hydrogens (primary N) is 1. The molecule has 0 unspecified atom stereocenters. The number of aliphatic hydroxyl groups excluding tert-OH is 1. The summed E-state index contributed by atoms with van der Waals surface area (Å²) >= 11 is 1.35. The van der Waals surface area contributed by atoms with Gasteiger partial charge >= 0.3 is 0 Å². The zero-order valence-electron chi connectivity index (χ0n) is 7.36. The molecule has 0 saturated heterocycles. The fraction of sp³-hybridized carbons (Fsp3) is 0.100. The number of thiophene rings is 1. The zero-order chi connectivity index (χ0) is 10.1. The summed E-state index contributed by atoms with van der Waals surface area (Å²) in [6, 6.07) is 5.28. The Balaban J connectivity index is 2.81. The van der Waals surface area contributed by atoms with Crippen molar-refractivity contribution in [3.05, 3.63) is 28.6 Å². The van der Waals surface area contributed by atoms with Crippen LogP contribution in [0.15, 0.2) is 18.2 Å². The molecule has 0 atom stereocenters. The first-order valence-electron chi connectivity index (χ1n) is 4.13. The molecule has 4 heteroatoms. The van der Waals surface area contributed by atoms with Crippen LogP contribution in [-0.4, -0.2) is 11.4 Å². The Morgan fingerprint density at radius 2 is 2.29 bits per heavy atom. The first kappa shape index (κ1) is 9.18. The summed E-state index contributed by atoms with van der Waals surface area (Å²) in [4.78, 5) is 11.2. The van der Waals surface area contributed by atoms with Crippen LogP contribution in [0.25, 0.3) is 10.1 Å². The summed E-state index contributed by atoms with van der Waals surface area (Å²) in [5, 5.41) is 9.96. The minimum Gasteiger partial charge on any atom is -0.398 e. The van der Waals surface area contributed by atoms with E-state index in [4.69, 9.17) is 10.8 Å². The predicted octanol–water partition coefficient (Wildman–Crippen LogP) is 1.79. The lowest BCUT2D eigenvalue weighted by Gasteiger charge is -2.00. The Morgan fingerprint density at radius 3 is 2.93 bits per heavy atom. The number of carbonyl (C=O) groups excluding carboxylic acids is 1. The Hall–Kier alpha value is -1.39. The number of benzene rings is 1. The number of carbonyl (C=O) groups is 1. The number of aldehydes is 1. The Morgan fingerprint density at radius 1 is 1.50 bits per heavy atom. The second-order valence-corrected chi connectivity index (χ2v) is 4.07. The molecule has 0 aliphatic carbocycles. The molecule has 1 aromatic heterocycles. The van der Waals surface area contributed by atoms with Crippen molar-refractivity contribution in [1.29, 1.82) is 0 Å². The van der Waals surface area contributed by atoms with Crippen molar-refractivity contribution in [2.45, 2.75) is 6.61 Å². The number of nitrogen functional groups attached to an aromatic ring is 1. The van der Waals surface area contributed by atoms with Gasteiger partial charge in [0.15, 0.2) is 6.29 Å². The van der Waals surface area contributed by atoms with E-state index in [1.807, 2.05) is 0 Å². The molecule has 3 nitrogen and oxygen atoms in total. The van der Waals surface area contributed by atoms with Gasteiger partial charge in [0.05, 0.1) is 16.2 Å². The maximum atomic E-state index is 10.6. The van der Waals surface area contributed by atoms with Gasteiger partial charge in [0.2, 0.25) is 0 Å². The van der Waals surface area contributed by atoms with Crippen molar-refractivity contribution in [2.75, 3.05) is 5.73 Å². The van der Waals surface area contributed by atoms with Crippen LogP contribution in [0, 0.1) is 0 Å². The maximum Gasteiger partial charge on any atom is 0.160 e. The van der Waals surface area contributed by atoms with Gasteiger partial charge in [-0.25, -0.2) is 0 Å². The average Bonchev–Trinajstić information content (AvgIpc) is 2.63. The van der Waals surface area contributed by atoms with Gasteiger partial charge in [-0.1, -0.05) is 6.07 Å². The van der Waals surface area contributed by atoms with Gasteiger partial charge in [0.1, 0.15) is 0 Å². The van der Waals surface area contributed by atoms with E-state index in [0.29, 0.717) is 10.6 Å². The lowest BCUT2D eigenvalue weighted by Crippen LogP contribution is -1.88. The zero-order valence-corrected chi connectivity index (χ0v) is 8.17. The van der Waals surface area contributed by atoms with Gasteiger partial charge in [0.25, 0.3) is 0 Å². The van der Waals surface area contributed by atoms with E-state index in [9.17, 15) is 4.79 Å². The monoisotopic (exact) mass is 207 g/mol. The van der Waals surface area contributed by atoms with E-state index in [1.165, 1.54) is 11.3 Å². The third kappa shape index (κ3) is 1.29. The average molecular weight is 207 g/mol. The molecule has 3 N–H and O–H groups in total. The van der Waals surface area contributed by atoms with Crippen LogP contribution in [0.5, 0.6) is 0 Å². The van der Waals surface area contributed by atoms with Crippen LogP contribution in [-0.2, 0) is 6.61 Å². The number of hydrogen-bond acceptors (Lipinski definition) is 4. The number of aliphatic hydroxyl groups is 1. The molecular weight excluding hydrogens is 198 g/mol. The van der Waals surface area contributed by atoms with Crippen molar-refractivity contribution >= 4 is 33.4 Å². The van der Waals surface area contributed by atoms with Gasteiger partial charge in [-0.3, -0.25) is 4.79 Å². The second-order valence-electron chi connectivity index (χ2n) is 2.98. The third-order valence-corrected chi connectivity index (χ3v) is 3.22. The molecule has 0 spiro atoms. The molecule has 0 bridgehead atoms. The highest BCUT2D eigenvalue weighted by Gasteiger charge is 2.07. The van der Waals surface area contributed by atoms with E-state index in [1.54, 1.807) is 18.2 Å². The number of fused-ring (bicyclic) bond motifs is 1. The van der Waals surface area contributed by atoms with Crippen LogP contribution >= 0.6 is 11.3 Å². The molecule has 1 aromatic carbocycles. The summed E-state index contributed by atoms with van der Waals surface area (Å²) < 4.78 is 0.874. The summed E-state index contributed by atoms with van der Waals surface area (Å²) in [5.74, 6) is 0. The van der Waals surface area contributed by atoms with Gasteiger partial charge in [0, 0.05) is 11.1 Å². The molecule has 0 aliphatic heterocycles. The fourth-order valence-corrected chi connectivity index (χ4v) is 2.36. The van der Waals surface area contributed by atoms with Crippen molar-refractivity contribution in [3.8, 4) is 0 Å². The highest BCUT2D eigenvalue weighted by Crippen LogP contribution is 2.32. The highest BCUT2D eigenvalue weighted by atomic mass is 32.1. The normalized spacial score (nSPS) is 10.6. The van der Waals surface area contributed by atoms with Crippen LogP contribution in [0.1, 0.15) is 15.2 Å². The standard InChI is InChI=1S/C10H9NO2S/c11-9-2-1-6(4-12)8-3-7(5-13)14-10(8)9/h1-3,5,12H,4,11H2. The molecule has 72 valence electrons. The minimum absolute atomic E-state index is 0.0359. The summed E-state index contributed by atoms with van der Waals surface area (Å²) in [7, 11) is 0. The van der Waals surface area contributed by atoms with E-state index in [2.05, 4.69) is 0 Å². The summed E-state index contributed by atoms with van der Waals surface area (Å²) in [6.45, 7) is -0.0359. The molecule has 14 heavy (non-hydrogen) atoms. The Kier molecular flexibility index (Phi) is 2.23. The number of hydrogen-bond donors (Lipinski definition) is 2. The second kappa shape index (κ2) is 3.40. The van der Waals surface area contributed by atoms with E-state index < -0.39 is 0 Å². The molecule has 2 aromatic rings. The molecule has 1 heterocycles. The predicted molar refractivity (Wildman–Crippen MR) is 57.5 cm³/mol. The number of rotatable bonds is 2. The maximum absolute atomic E-state index is 10.6. The fourth-order valence-electron chi connectivity index (χ4n) is 1.41. The molecule has 2 rings (SSSR count). The topological polar surface area (TPSA) is 63.3 Å². The van der Waals surface area contributed by atoms with Gasteiger partial charge in [-0.05, 0) is 17.7 Å². The van der Waals surface area contributed by atoms with Crippen molar-refractivity contribution in [3.63, 3.8) is 0 Å². The quantitative estimate of drug-likeness (QED) is 0.583. The van der Waals surface area contributed by atoms with Crippen LogP contribution < -0.4 is 5.73 Å². The Labute approximate surface area is 84.8 Å². The molecule has 0 saturated carbocycles. The Bertz CT molecular complexity index is 490. The molecular formula is C10H9NO2S. The van der Waals surface area contributed by atoms with E-state index >= 15 is 0 Å². The van der Waals surface area contributed by atoms with Gasteiger partial charge < -0.3 is 10.8 Å². The SMILES string of the molecule is Nc1ccc(CO)c2cc(C=O)sc12. The van der Waals surface area contributed by atoms with Crippen molar-refractivity contribution in [2.24, 2.45) is 0 Å².